The Morgan fingerprint density at radius 1 is 1.28 bits per heavy atom. The van der Waals surface area contributed by atoms with E-state index in [-0.39, 0.29) is 17.4 Å². The Morgan fingerprint density at radius 2 is 1.92 bits per heavy atom. The van der Waals surface area contributed by atoms with Gasteiger partial charge in [0.2, 0.25) is 15.9 Å². The minimum Gasteiger partial charge on any atom is -0.344 e. The van der Waals surface area contributed by atoms with Crippen LogP contribution in [0.5, 0.6) is 0 Å². The zero-order valence-electron chi connectivity index (χ0n) is 14.0. The van der Waals surface area contributed by atoms with E-state index >= 15 is 0 Å². The highest BCUT2D eigenvalue weighted by Crippen LogP contribution is 2.28. The molecule has 1 saturated carbocycles. The van der Waals surface area contributed by atoms with Crippen molar-refractivity contribution in [2.75, 3.05) is 0 Å². The number of nitrogens with one attached hydrogen (secondary N) is 2. The minimum absolute atomic E-state index is 0.0644. The third-order valence-corrected chi connectivity index (χ3v) is 5.46. The summed E-state index contributed by atoms with van der Waals surface area (Å²) in [6.45, 7) is 1.30. The number of rotatable bonds is 6. The van der Waals surface area contributed by atoms with Gasteiger partial charge in [0.1, 0.15) is 6.04 Å². The number of nitrogens with zero attached hydrogens (tertiary/aromatic N) is 1. The van der Waals surface area contributed by atoms with E-state index in [1.54, 1.807) is 12.1 Å². The Bertz CT molecular complexity index is 792. The number of amides is 2. The van der Waals surface area contributed by atoms with Gasteiger partial charge in [-0.1, -0.05) is 31.0 Å². The fraction of sp³-hybridized carbons (Fsp3) is 0.471. The molecule has 0 unspecified atom stereocenters. The Hall–Kier alpha value is -2.40. The van der Waals surface area contributed by atoms with Crippen molar-refractivity contribution in [3.63, 3.8) is 0 Å². The van der Waals surface area contributed by atoms with Gasteiger partial charge < -0.3 is 5.32 Å². The molecule has 134 valence electrons. The van der Waals surface area contributed by atoms with Crippen LogP contribution in [0.25, 0.3) is 0 Å². The molecule has 25 heavy (non-hydrogen) atoms. The summed E-state index contributed by atoms with van der Waals surface area (Å²) in [5, 5.41) is 11.6. The summed E-state index contributed by atoms with van der Waals surface area (Å²) in [7, 11) is -3.98. The molecule has 1 aliphatic carbocycles. The highest BCUT2D eigenvalue weighted by Gasteiger charge is 2.33. The molecule has 2 amide bonds. The predicted molar refractivity (Wildman–Crippen MR) is 91.5 cm³/mol. The fourth-order valence-electron chi connectivity index (χ4n) is 3.12. The zero-order chi connectivity index (χ0) is 18.4. The van der Waals surface area contributed by atoms with Gasteiger partial charge in [0.25, 0.3) is 5.91 Å². The molecule has 0 aliphatic heterocycles. The molecule has 0 spiro atoms. The molecule has 0 bridgehead atoms. The van der Waals surface area contributed by atoms with E-state index in [4.69, 9.17) is 5.26 Å². The molecule has 2 rings (SSSR count). The quantitative estimate of drug-likeness (QED) is 0.788. The van der Waals surface area contributed by atoms with E-state index in [1.807, 2.05) is 10.8 Å². The van der Waals surface area contributed by atoms with Gasteiger partial charge in [0, 0.05) is 6.92 Å². The molecule has 0 saturated heterocycles. The van der Waals surface area contributed by atoms with Gasteiger partial charge >= 0.3 is 0 Å². The molecule has 0 heterocycles. The number of hydrogen-bond acceptors (Lipinski definition) is 5. The van der Waals surface area contributed by atoms with Gasteiger partial charge in [-0.25, -0.2) is 8.42 Å². The van der Waals surface area contributed by atoms with Crippen molar-refractivity contribution in [1.82, 2.24) is 10.0 Å². The first-order chi connectivity index (χ1) is 11.8. The monoisotopic (exact) mass is 363 g/mol. The van der Waals surface area contributed by atoms with E-state index in [1.165, 1.54) is 19.1 Å². The van der Waals surface area contributed by atoms with Crippen LogP contribution in [0.1, 0.15) is 43.7 Å². The van der Waals surface area contributed by atoms with Crippen LogP contribution in [0.4, 0.5) is 0 Å². The van der Waals surface area contributed by atoms with Crippen LogP contribution in [0.2, 0.25) is 0 Å². The van der Waals surface area contributed by atoms with E-state index < -0.39 is 27.7 Å². The summed E-state index contributed by atoms with van der Waals surface area (Å²) in [5.41, 5.74) is 0.566. The third-order valence-electron chi connectivity index (χ3n) is 4.25. The second-order valence-electron chi connectivity index (χ2n) is 6.22. The molecule has 1 aromatic carbocycles. The SMILES string of the molecule is CC(=O)N[C@H](C(=O)NS(=O)(=O)Cc1ccccc1C#N)C1CCCC1. The molecule has 8 heteroatoms. The summed E-state index contributed by atoms with van der Waals surface area (Å²) >= 11 is 0. The average Bonchev–Trinajstić information content (AvgIpc) is 3.06. The van der Waals surface area contributed by atoms with Gasteiger partial charge in [0.15, 0.2) is 0 Å². The van der Waals surface area contributed by atoms with E-state index in [0.29, 0.717) is 5.56 Å². The average molecular weight is 363 g/mol. The lowest BCUT2D eigenvalue weighted by Crippen LogP contribution is -2.51. The highest BCUT2D eigenvalue weighted by atomic mass is 32.2. The number of carbonyl (C=O) groups is 2. The van der Waals surface area contributed by atoms with E-state index in [0.717, 1.165) is 25.7 Å². The van der Waals surface area contributed by atoms with Crippen molar-refractivity contribution in [3.8, 4) is 6.07 Å². The number of benzene rings is 1. The van der Waals surface area contributed by atoms with Crippen LogP contribution in [0.3, 0.4) is 0 Å². The van der Waals surface area contributed by atoms with Crippen LogP contribution < -0.4 is 10.0 Å². The highest BCUT2D eigenvalue weighted by molar-refractivity contribution is 7.89. The maximum absolute atomic E-state index is 12.5. The molecule has 0 radical (unpaired) electrons. The molecule has 1 aromatic rings. The van der Waals surface area contributed by atoms with Gasteiger partial charge in [-0.05, 0) is 30.4 Å². The van der Waals surface area contributed by atoms with Crippen molar-refractivity contribution in [1.29, 1.82) is 5.26 Å². The summed E-state index contributed by atoms with van der Waals surface area (Å²) < 4.78 is 26.7. The lowest BCUT2D eigenvalue weighted by atomic mass is 9.97. The van der Waals surface area contributed by atoms with Crippen molar-refractivity contribution in [2.45, 2.75) is 44.4 Å². The maximum atomic E-state index is 12.5. The van der Waals surface area contributed by atoms with Gasteiger partial charge in [-0.3, -0.25) is 14.3 Å². The maximum Gasteiger partial charge on any atom is 0.256 e. The fourth-order valence-corrected chi connectivity index (χ4v) is 4.29. The van der Waals surface area contributed by atoms with Crippen LogP contribution in [0, 0.1) is 17.2 Å². The van der Waals surface area contributed by atoms with Crippen LogP contribution in [0.15, 0.2) is 24.3 Å². The summed E-state index contributed by atoms with van der Waals surface area (Å²) in [4.78, 5) is 23.8. The number of carbonyl (C=O) groups excluding carboxylic acids is 2. The van der Waals surface area contributed by atoms with Crippen LogP contribution in [-0.2, 0) is 25.4 Å². The topological polar surface area (TPSA) is 116 Å². The molecular formula is C17H21N3O4S. The Morgan fingerprint density at radius 3 is 2.52 bits per heavy atom. The second kappa shape index (κ2) is 8.12. The van der Waals surface area contributed by atoms with Crippen molar-refractivity contribution >= 4 is 21.8 Å². The minimum atomic E-state index is -3.98. The van der Waals surface area contributed by atoms with Gasteiger partial charge in [0.05, 0.1) is 17.4 Å². The first-order valence-corrected chi connectivity index (χ1v) is 9.77. The predicted octanol–water partition coefficient (Wildman–Crippen LogP) is 1.20. The first kappa shape index (κ1) is 18.9. The lowest BCUT2D eigenvalue weighted by Gasteiger charge is -2.23. The second-order valence-corrected chi connectivity index (χ2v) is 7.94. The molecule has 7 nitrogen and oxygen atoms in total. The third kappa shape index (κ3) is 5.29. The standard InChI is InChI=1S/C17H21N3O4S/c1-12(21)19-16(13-6-2-3-7-13)17(22)20-25(23,24)11-15-9-5-4-8-14(15)10-18/h4-5,8-9,13,16H,2-3,6-7,11H2,1H3,(H,19,21)(H,20,22)/t16-/m0/s1. The normalized spacial score (nSPS) is 16.0. The van der Waals surface area contributed by atoms with Crippen molar-refractivity contribution in [2.24, 2.45) is 5.92 Å². The van der Waals surface area contributed by atoms with Crippen molar-refractivity contribution < 1.29 is 18.0 Å². The zero-order valence-corrected chi connectivity index (χ0v) is 14.8. The van der Waals surface area contributed by atoms with Gasteiger partial charge in [-0.15, -0.1) is 0 Å². The van der Waals surface area contributed by atoms with Crippen LogP contribution >= 0.6 is 0 Å². The van der Waals surface area contributed by atoms with E-state index in [2.05, 4.69) is 5.32 Å². The Balaban J connectivity index is 2.12. The first-order valence-electron chi connectivity index (χ1n) is 8.12. The molecule has 1 fully saturated rings. The largest absolute Gasteiger partial charge is 0.344 e. The van der Waals surface area contributed by atoms with Gasteiger partial charge in [-0.2, -0.15) is 5.26 Å². The summed E-state index contributed by atoms with van der Waals surface area (Å²) in [6.07, 6.45) is 3.46. The lowest BCUT2D eigenvalue weighted by molar-refractivity contribution is -0.128. The Kier molecular flexibility index (Phi) is 6.15. The molecular weight excluding hydrogens is 342 g/mol. The molecule has 1 aliphatic rings. The molecule has 0 aromatic heterocycles. The smallest absolute Gasteiger partial charge is 0.256 e. The number of nitriles is 1. The summed E-state index contributed by atoms with van der Waals surface area (Å²) in [6, 6.07) is 7.39. The number of hydrogen-bond donors (Lipinski definition) is 2. The van der Waals surface area contributed by atoms with Crippen molar-refractivity contribution in [3.05, 3.63) is 35.4 Å². The van der Waals surface area contributed by atoms with Crippen LogP contribution in [-0.4, -0.2) is 26.3 Å². The Labute approximate surface area is 147 Å². The number of sulfonamides is 1. The van der Waals surface area contributed by atoms with E-state index in [9.17, 15) is 18.0 Å². The summed E-state index contributed by atoms with van der Waals surface area (Å²) in [5.74, 6) is -1.64. The molecule has 1 atom stereocenters. The molecule has 2 N–H and O–H groups in total.